The van der Waals surface area contributed by atoms with Crippen LogP contribution in [0.4, 0.5) is 0 Å². The Morgan fingerprint density at radius 2 is 2.08 bits per heavy atom. The van der Waals surface area contributed by atoms with Crippen molar-refractivity contribution in [1.82, 2.24) is 14.9 Å². The van der Waals surface area contributed by atoms with Gasteiger partial charge in [0.2, 0.25) is 0 Å². The van der Waals surface area contributed by atoms with Gasteiger partial charge in [-0.3, -0.25) is 9.74 Å². The van der Waals surface area contributed by atoms with Gasteiger partial charge in [0.05, 0.1) is 12.8 Å². The second-order valence-electron chi connectivity index (χ2n) is 3.25. The number of hydrogen-bond acceptors (Lipinski definition) is 4. The van der Waals surface area contributed by atoms with E-state index in [1.165, 1.54) is 0 Å². The molecule has 0 aromatic heterocycles. The summed E-state index contributed by atoms with van der Waals surface area (Å²) in [5.74, 6) is 0. The molecule has 0 radical (unpaired) electrons. The van der Waals surface area contributed by atoms with Crippen LogP contribution in [0.15, 0.2) is 11.9 Å². The van der Waals surface area contributed by atoms with E-state index in [1.54, 1.807) is 7.11 Å². The fraction of sp³-hybridized carbons (Fsp3) is 0.750. The maximum absolute atomic E-state index is 5.25. The van der Waals surface area contributed by atoms with E-state index in [0.29, 0.717) is 0 Å². The van der Waals surface area contributed by atoms with Crippen molar-refractivity contribution in [3.05, 3.63) is 11.9 Å². The minimum atomic E-state index is 0.176. The van der Waals surface area contributed by atoms with Crippen molar-refractivity contribution in [2.45, 2.75) is 13.2 Å². The molecule has 0 spiro atoms. The molecule has 1 aliphatic rings. The highest BCUT2D eigenvalue weighted by Crippen LogP contribution is 2.21. The minimum Gasteiger partial charge on any atom is -0.345 e. The van der Waals surface area contributed by atoms with Gasteiger partial charge in [-0.25, -0.2) is 5.06 Å². The quantitative estimate of drug-likeness (QED) is 0.602. The number of nitrogens with zero attached hydrogens (tertiary/aromatic N) is 3. The zero-order valence-corrected chi connectivity index (χ0v) is 8.40. The zero-order chi connectivity index (χ0) is 9.30. The monoisotopic (exact) mass is 171 g/mol. The molecule has 4 nitrogen and oxygen atoms in total. The summed E-state index contributed by atoms with van der Waals surface area (Å²) < 4.78 is 0. The van der Waals surface area contributed by atoms with Crippen LogP contribution in [0.5, 0.6) is 0 Å². The molecule has 4 heteroatoms. The molecule has 0 aliphatic carbocycles. The Kier molecular flexibility index (Phi) is 2.59. The molecule has 1 heterocycles. The summed E-state index contributed by atoms with van der Waals surface area (Å²) in [5.41, 5.74) is 1.12. The lowest BCUT2D eigenvalue weighted by atomic mass is 10.5. The SMILES string of the molecule is CON1C(C)=CN(C)C1N(C)C. The number of hydroxylamine groups is 2. The van der Waals surface area contributed by atoms with Gasteiger partial charge < -0.3 is 4.90 Å². The average molecular weight is 171 g/mol. The van der Waals surface area contributed by atoms with E-state index in [4.69, 9.17) is 4.84 Å². The molecule has 1 unspecified atom stereocenters. The van der Waals surface area contributed by atoms with Crippen molar-refractivity contribution >= 4 is 0 Å². The standard InChI is InChI=1S/C8H17N3O/c1-7-6-10(4)8(9(2)3)11(7)12-5/h6,8H,1-5H3. The van der Waals surface area contributed by atoms with E-state index in [-0.39, 0.29) is 6.29 Å². The highest BCUT2D eigenvalue weighted by atomic mass is 16.7. The van der Waals surface area contributed by atoms with Crippen molar-refractivity contribution in [1.29, 1.82) is 0 Å². The Morgan fingerprint density at radius 1 is 1.50 bits per heavy atom. The van der Waals surface area contributed by atoms with Crippen LogP contribution in [-0.4, -0.2) is 49.4 Å². The van der Waals surface area contributed by atoms with E-state index in [0.717, 1.165) is 5.70 Å². The van der Waals surface area contributed by atoms with Gasteiger partial charge in [0, 0.05) is 13.2 Å². The van der Waals surface area contributed by atoms with Gasteiger partial charge in [0.1, 0.15) is 0 Å². The zero-order valence-electron chi connectivity index (χ0n) is 8.40. The molecule has 0 fully saturated rings. The highest BCUT2D eigenvalue weighted by Gasteiger charge is 2.29. The average Bonchev–Trinajstić information content (AvgIpc) is 2.24. The minimum absolute atomic E-state index is 0.176. The van der Waals surface area contributed by atoms with Gasteiger partial charge in [-0.1, -0.05) is 0 Å². The van der Waals surface area contributed by atoms with Gasteiger partial charge in [0.25, 0.3) is 0 Å². The topological polar surface area (TPSA) is 19.0 Å². The van der Waals surface area contributed by atoms with Crippen LogP contribution < -0.4 is 0 Å². The first-order valence-corrected chi connectivity index (χ1v) is 3.98. The number of allylic oxidation sites excluding steroid dienone is 1. The largest absolute Gasteiger partial charge is 0.345 e. The Balaban J connectivity index is 2.76. The summed E-state index contributed by atoms with van der Waals surface area (Å²) in [4.78, 5) is 9.45. The molecule has 0 saturated heterocycles. The van der Waals surface area contributed by atoms with Crippen LogP contribution in [0.2, 0.25) is 0 Å². The number of rotatable bonds is 2. The van der Waals surface area contributed by atoms with E-state index in [9.17, 15) is 0 Å². The molecular weight excluding hydrogens is 154 g/mol. The summed E-state index contributed by atoms with van der Waals surface area (Å²) in [5, 5.41) is 1.88. The predicted molar refractivity (Wildman–Crippen MR) is 47.8 cm³/mol. The molecule has 0 saturated carbocycles. The summed E-state index contributed by atoms with van der Waals surface area (Å²) in [6.07, 6.45) is 2.24. The first-order chi connectivity index (χ1) is 5.57. The second kappa shape index (κ2) is 3.33. The molecular formula is C8H17N3O. The molecule has 0 bridgehead atoms. The molecule has 1 aliphatic heterocycles. The molecule has 0 aromatic carbocycles. The van der Waals surface area contributed by atoms with Crippen molar-refractivity contribution in [2.24, 2.45) is 0 Å². The van der Waals surface area contributed by atoms with Crippen LogP contribution in [-0.2, 0) is 4.84 Å². The summed E-state index contributed by atoms with van der Waals surface area (Å²) in [6, 6.07) is 0. The third-order valence-corrected chi connectivity index (χ3v) is 1.97. The van der Waals surface area contributed by atoms with Gasteiger partial charge in [-0.15, -0.1) is 0 Å². The molecule has 0 aromatic rings. The summed E-state index contributed by atoms with van der Waals surface area (Å²) >= 11 is 0. The van der Waals surface area contributed by atoms with Crippen molar-refractivity contribution < 1.29 is 4.84 Å². The van der Waals surface area contributed by atoms with Crippen molar-refractivity contribution in [3.63, 3.8) is 0 Å². The fourth-order valence-electron chi connectivity index (χ4n) is 1.58. The van der Waals surface area contributed by atoms with Crippen LogP contribution in [0.1, 0.15) is 6.92 Å². The Hall–Kier alpha value is -0.740. The maximum Gasteiger partial charge on any atom is 0.183 e. The van der Waals surface area contributed by atoms with Crippen molar-refractivity contribution in [2.75, 3.05) is 28.3 Å². The van der Waals surface area contributed by atoms with Crippen LogP contribution in [0, 0.1) is 0 Å². The first kappa shape index (κ1) is 9.35. The Labute approximate surface area is 73.9 Å². The van der Waals surface area contributed by atoms with Gasteiger partial charge in [-0.05, 0) is 21.0 Å². The second-order valence-corrected chi connectivity index (χ2v) is 3.25. The molecule has 12 heavy (non-hydrogen) atoms. The Bertz CT molecular complexity index is 191. The molecule has 70 valence electrons. The predicted octanol–water partition coefficient (Wildman–Crippen LogP) is 0.502. The lowest BCUT2D eigenvalue weighted by Crippen LogP contribution is -2.47. The van der Waals surface area contributed by atoms with Gasteiger partial charge in [0.15, 0.2) is 6.29 Å². The smallest absolute Gasteiger partial charge is 0.183 e. The van der Waals surface area contributed by atoms with E-state index in [2.05, 4.69) is 16.0 Å². The molecule has 0 amide bonds. The lowest BCUT2D eigenvalue weighted by Gasteiger charge is -2.34. The lowest BCUT2D eigenvalue weighted by molar-refractivity contribution is -0.183. The van der Waals surface area contributed by atoms with Crippen LogP contribution >= 0.6 is 0 Å². The van der Waals surface area contributed by atoms with Crippen LogP contribution in [0.25, 0.3) is 0 Å². The third-order valence-electron chi connectivity index (χ3n) is 1.97. The fourth-order valence-corrected chi connectivity index (χ4v) is 1.58. The number of hydrogen-bond donors (Lipinski definition) is 0. The maximum atomic E-state index is 5.25. The molecule has 1 rings (SSSR count). The summed E-state index contributed by atoms with van der Waals surface area (Å²) in [7, 11) is 7.78. The van der Waals surface area contributed by atoms with E-state index in [1.807, 2.05) is 33.1 Å². The Morgan fingerprint density at radius 3 is 2.42 bits per heavy atom. The summed E-state index contributed by atoms with van der Waals surface area (Å²) in [6.45, 7) is 2.03. The third kappa shape index (κ3) is 1.40. The highest BCUT2D eigenvalue weighted by molar-refractivity contribution is 5.02. The van der Waals surface area contributed by atoms with E-state index < -0.39 is 0 Å². The van der Waals surface area contributed by atoms with Gasteiger partial charge in [-0.2, -0.15) is 0 Å². The van der Waals surface area contributed by atoms with E-state index >= 15 is 0 Å². The van der Waals surface area contributed by atoms with Gasteiger partial charge >= 0.3 is 0 Å². The first-order valence-electron chi connectivity index (χ1n) is 3.98. The van der Waals surface area contributed by atoms with Crippen molar-refractivity contribution in [3.8, 4) is 0 Å². The molecule has 0 N–H and O–H groups in total. The molecule has 1 atom stereocenters. The van der Waals surface area contributed by atoms with Crippen LogP contribution in [0.3, 0.4) is 0 Å². The normalized spacial score (nSPS) is 23.8.